The van der Waals surface area contributed by atoms with Crippen LogP contribution in [0.1, 0.15) is 75.5 Å². The van der Waals surface area contributed by atoms with E-state index in [4.69, 9.17) is 0 Å². The third-order valence-corrected chi connectivity index (χ3v) is 6.35. The maximum Gasteiger partial charge on any atom is 0.0239 e. The van der Waals surface area contributed by atoms with Crippen LogP contribution in [0.15, 0.2) is 42.5 Å². The van der Waals surface area contributed by atoms with Crippen LogP contribution < -0.4 is 0 Å². The number of nitrogens with zero attached hydrogens (tertiary/aromatic N) is 1. The third kappa shape index (κ3) is 3.04. The number of fused-ring (bicyclic) bond motifs is 3. The van der Waals surface area contributed by atoms with Crippen LogP contribution in [0.3, 0.4) is 0 Å². The molecular weight excluding hydrogens is 302 g/mol. The van der Waals surface area contributed by atoms with Crippen LogP contribution in [0.5, 0.6) is 0 Å². The van der Waals surface area contributed by atoms with E-state index in [2.05, 4.69) is 68.1 Å². The molecule has 1 unspecified atom stereocenters. The zero-order chi connectivity index (χ0) is 17.4. The van der Waals surface area contributed by atoms with Crippen molar-refractivity contribution in [3.8, 4) is 11.1 Å². The Morgan fingerprint density at radius 2 is 1.68 bits per heavy atom. The van der Waals surface area contributed by atoms with E-state index >= 15 is 0 Å². The van der Waals surface area contributed by atoms with Gasteiger partial charge in [-0.1, -0.05) is 62.2 Å². The highest BCUT2D eigenvalue weighted by atomic mass is 15.2. The van der Waals surface area contributed by atoms with Gasteiger partial charge in [0.05, 0.1) is 0 Å². The summed E-state index contributed by atoms with van der Waals surface area (Å²) in [5.74, 6) is 0.574. The Morgan fingerprint density at radius 3 is 2.40 bits per heavy atom. The van der Waals surface area contributed by atoms with Gasteiger partial charge in [0.25, 0.3) is 0 Å². The van der Waals surface area contributed by atoms with Crippen molar-refractivity contribution in [2.45, 2.75) is 77.4 Å². The van der Waals surface area contributed by atoms with Gasteiger partial charge in [-0.05, 0) is 60.9 Å². The molecule has 1 heteroatoms. The predicted molar refractivity (Wildman–Crippen MR) is 107 cm³/mol. The summed E-state index contributed by atoms with van der Waals surface area (Å²) >= 11 is 0. The number of hydrogen-bond donors (Lipinski definition) is 0. The number of rotatable bonds is 5. The van der Waals surface area contributed by atoms with E-state index in [9.17, 15) is 0 Å². The molecule has 2 aromatic carbocycles. The lowest BCUT2D eigenvalue weighted by atomic mass is 9.93. The highest BCUT2D eigenvalue weighted by Crippen LogP contribution is 2.46. The Balaban J connectivity index is 1.64. The molecule has 4 rings (SSSR count). The summed E-state index contributed by atoms with van der Waals surface area (Å²) in [4.78, 5) is 2.73. The quantitative estimate of drug-likeness (QED) is 0.615. The Kier molecular flexibility index (Phi) is 4.69. The van der Waals surface area contributed by atoms with Crippen LogP contribution in [0.25, 0.3) is 11.1 Å². The fourth-order valence-electron chi connectivity index (χ4n) is 5.08. The molecule has 25 heavy (non-hydrogen) atoms. The van der Waals surface area contributed by atoms with Gasteiger partial charge in [-0.3, -0.25) is 4.90 Å². The minimum atomic E-state index is 0.574. The van der Waals surface area contributed by atoms with E-state index in [0.717, 1.165) is 12.6 Å². The van der Waals surface area contributed by atoms with Crippen LogP contribution in [0.4, 0.5) is 0 Å². The van der Waals surface area contributed by atoms with Crippen molar-refractivity contribution in [1.29, 1.82) is 0 Å². The van der Waals surface area contributed by atoms with E-state index < -0.39 is 0 Å². The predicted octanol–water partition coefficient (Wildman–Crippen LogP) is 6.36. The van der Waals surface area contributed by atoms with Crippen molar-refractivity contribution in [2.75, 3.05) is 0 Å². The van der Waals surface area contributed by atoms with E-state index in [-0.39, 0.29) is 0 Å². The number of hydrogen-bond acceptors (Lipinski definition) is 1. The monoisotopic (exact) mass is 333 g/mol. The van der Waals surface area contributed by atoms with Gasteiger partial charge in [-0.2, -0.15) is 0 Å². The fourth-order valence-corrected chi connectivity index (χ4v) is 5.08. The second-order valence-corrected chi connectivity index (χ2v) is 8.17. The Labute approximate surface area is 153 Å². The summed E-state index contributed by atoms with van der Waals surface area (Å²) in [6.07, 6.45) is 6.76. The average molecular weight is 334 g/mol. The molecule has 0 bridgehead atoms. The van der Waals surface area contributed by atoms with Crippen molar-refractivity contribution in [1.82, 2.24) is 4.90 Å². The summed E-state index contributed by atoms with van der Waals surface area (Å²) in [5.41, 5.74) is 7.48. The van der Waals surface area contributed by atoms with Crippen LogP contribution in [-0.2, 0) is 6.54 Å². The summed E-state index contributed by atoms with van der Waals surface area (Å²) in [6, 6.07) is 17.6. The fraction of sp³-hybridized carbons (Fsp3) is 0.500. The highest BCUT2D eigenvalue weighted by Gasteiger charge is 2.28. The molecular formula is C24H31N. The molecule has 2 aliphatic carbocycles. The smallest absolute Gasteiger partial charge is 0.0239 e. The summed E-state index contributed by atoms with van der Waals surface area (Å²) in [7, 11) is 0. The van der Waals surface area contributed by atoms with E-state index in [0.29, 0.717) is 12.0 Å². The van der Waals surface area contributed by atoms with Gasteiger partial charge < -0.3 is 0 Å². The first-order valence-corrected chi connectivity index (χ1v) is 10.2. The molecule has 0 spiro atoms. The van der Waals surface area contributed by atoms with Gasteiger partial charge in [-0.25, -0.2) is 0 Å². The van der Waals surface area contributed by atoms with Crippen LogP contribution in [0.2, 0.25) is 0 Å². The van der Waals surface area contributed by atoms with Crippen molar-refractivity contribution in [3.63, 3.8) is 0 Å². The van der Waals surface area contributed by atoms with Crippen molar-refractivity contribution in [3.05, 3.63) is 59.2 Å². The van der Waals surface area contributed by atoms with Crippen molar-refractivity contribution in [2.24, 2.45) is 0 Å². The minimum absolute atomic E-state index is 0.574. The summed E-state index contributed by atoms with van der Waals surface area (Å²) in [5, 5.41) is 0. The molecule has 2 aliphatic rings. The Bertz CT molecular complexity index is 740. The largest absolute Gasteiger partial charge is 0.294 e. The standard InChI is InChI=1S/C24H31N/c1-4-20-21-11-7-8-12-22(21)23-14-13-18(15-24(20)23)16-25(17(2)3)19-9-5-6-10-19/h7-8,11-15,17,19-20H,4-6,9-10,16H2,1-3H3. The second kappa shape index (κ2) is 6.96. The lowest BCUT2D eigenvalue weighted by Gasteiger charge is -2.33. The van der Waals surface area contributed by atoms with Crippen LogP contribution in [0, 0.1) is 0 Å². The third-order valence-electron chi connectivity index (χ3n) is 6.35. The summed E-state index contributed by atoms with van der Waals surface area (Å²) < 4.78 is 0. The maximum atomic E-state index is 2.73. The molecule has 1 nitrogen and oxygen atoms in total. The number of benzene rings is 2. The lowest BCUT2D eigenvalue weighted by Crippen LogP contribution is -2.38. The topological polar surface area (TPSA) is 3.24 Å². The SMILES string of the molecule is CCC1c2ccccc2-c2ccc(CN(C(C)C)C3CCCC3)cc21. The average Bonchev–Trinajstić information content (AvgIpc) is 3.25. The lowest BCUT2D eigenvalue weighted by molar-refractivity contribution is 0.146. The van der Waals surface area contributed by atoms with Gasteiger partial charge in [0.1, 0.15) is 0 Å². The van der Waals surface area contributed by atoms with Crippen molar-refractivity contribution >= 4 is 0 Å². The first-order chi connectivity index (χ1) is 12.2. The van der Waals surface area contributed by atoms with Gasteiger partial charge >= 0.3 is 0 Å². The zero-order valence-corrected chi connectivity index (χ0v) is 16.0. The molecule has 132 valence electrons. The van der Waals surface area contributed by atoms with E-state index in [1.165, 1.54) is 54.4 Å². The Morgan fingerprint density at radius 1 is 0.960 bits per heavy atom. The molecule has 0 N–H and O–H groups in total. The van der Waals surface area contributed by atoms with E-state index in [1.54, 1.807) is 5.56 Å². The van der Waals surface area contributed by atoms with Gasteiger partial charge in [0.2, 0.25) is 0 Å². The normalized spacial score (nSPS) is 19.6. The molecule has 1 atom stereocenters. The first-order valence-electron chi connectivity index (χ1n) is 10.2. The molecule has 1 saturated carbocycles. The molecule has 0 radical (unpaired) electrons. The van der Waals surface area contributed by atoms with E-state index in [1.807, 2.05) is 0 Å². The van der Waals surface area contributed by atoms with Crippen LogP contribution in [-0.4, -0.2) is 17.0 Å². The minimum Gasteiger partial charge on any atom is -0.294 e. The van der Waals surface area contributed by atoms with Gasteiger partial charge in [0, 0.05) is 24.5 Å². The zero-order valence-electron chi connectivity index (χ0n) is 16.0. The molecule has 0 aliphatic heterocycles. The second-order valence-electron chi connectivity index (χ2n) is 8.17. The van der Waals surface area contributed by atoms with Gasteiger partial charge in [0.15, 0.2) is 0 Å². The molecule has 0 aromatic heterocycles. The highest BCUT2D eigenvalue weighted by molar-refractivity contribution is 5.79. The molecule has 0 saturated heterocycles. The van der Waals surface area contributed by atoms with Crippen LogP contribution >= 0.6 is 0 Å². The first kappa shape index (κ1) is 16.8. The Hall–Kier alpha value is -1.60. The van der Waals surface area contributed by atoms with Crippen molar-refractivity contribution < 1.29 is 0 Å². The maximum absolute atomic E-state index is 2.73. The summed E-state index contributed by atoms with van der Waals surface area (Å²) in [6.45, 7) is 8.14. The molecule has 0 heterocycles. The molecule has 0 amide bonds. The molecule has 2 aromatic rings. The molecule has 1 fully saturated rings. The van der Waals surface area contributed by atoms with Gasteiger partial charge in [-0.15, -0.1) is 0 Å².